The third-order valence-electron chi connectivity index (χ3n) is 9.01. The fourth-order valence-electron chi connectivity index (χ4n) is 6.06. The molecular formula is C35H32F10N4. The van der Waals surface area contributed by atoms with E-state index in [2.05, 4.69) is 9.97 Å². The topological polar surface area (TPSA) is 32.3 Å². The molecule has 4 nitrogen and oxygen atoms in total. The van der Waals surface area contributed by atoms with Crippen LogP contribution in [-0.2, 0) is 29.4 Å². The molecule has 0 radical (unpaired) electrons. The molecule has 0 atom stereocenters. The lowest BCUT2D eigenvalue weighted by Crippen LogP contribution is -2.28. The summed E-state index contributed by atoms with van der Waals surface area (Å²) < 4.78 is 148. The summed E-state index contributed by atoms with van der Waals surface area (Å²) in [5.74, 6) is -1.28. The normalized spacial score (nSPS) is 15.5. The quantitative estimate of drug-likeness (QED) is 0.195. The summed E-state index contributed by atoms with van der Waals surface area (Å²) in [7, 11) is 6.25. The summed E-state index contributed by atoms with van der Waals surface area (Å²) in [6.07, 6.45) is -15.6. The highest BCUT2D eigenvalue weighted by Crippen LogP contribution is 2.49. The monoisotopic (exact) mass is 698 g/mol. The number of benzene rings is 2. The molecule has 49 heavy (non-hydrogen) atoms. The molecule has 0 saturated heterocycles. The lowest BCUT2D eigenvalue weighted by molar-refractivity contribution is -0.143. The van der Waals surface area contributed by atoms with Crippen LogP contribution in [-0.4, -0.2) is 38.2 Å². The van der Waals surface area contributed by atoms with Crippen molar-refractivity contribution in [2.45, 2.75) is 57.1 Å². The molecule has 0 spiro atoms. The third kappa shape index (κ3) is 6.29. The molecule has 2 aromatic carbocycles. The van der Waals surface area contributed by atoms with Gasteiger partial charge in [-0.05, 0) is 59.7 Å². The standard InChI is InChI=1S/C35H32F10N4/c1-31(2)22-13-19(21(33(37,38)39)15-24(22)34(40,41)42)27-9-17(48(5)6)11-29(46-27)32(3,4)23-14-20(26(36)16-25(23)35(43,44)45)28-10-18(49(7)8)12-30(31)47-28/h9-16H,1-8H3. The van der Waals surface area contributed by atoms with Crippen LogP contribution >= 0.6 is 0 Å². The molecule has 0 unspecified atom stereocenters. The average molecular weight is 699 g/mol. The molecule has 3 heterocycles. The minimum Gasteiger partial charge on any atom is -0.378 e. The number of aromatic nitrogens is 2. The molecule has 2 aromatic heterocycles. The van der Waals surface area contributed by atoms with Crippen LogP contribution in [0.3, 0.4) is 0 Å². The summed E-state index contributed by atoms with van der Waals surface area (Å²) in [6, 6.07) is 7.51. The van der Waals surface area contributed by atoms with Gasteiger partial charge in [0.05, 0.1) is 39.5 Å². The van der Waals surface area contributed by atoms with Crippen molar-refractivity contribution in [2.75, 3.05) is 38.0 Å². The van der Waals surface area contributed by atoms with Gasteiger partial charge in [0.1, 0.15) is 5.82 Å². The highest BCUT2D eigenvalue weighted by Gasteiger charge is 2.45. The van der Waals surface area contributed by atoms with E-state index in [0.717, 1.165) is 12.1 Å². The van der Waals surface area contributed by atoms with E-state index in [4.69, 9.17) is 0 Å². The molecule has 1 aliphatic rings. The smallest absolute Gasteiger partial charge is 0.378 e. The number of hydrogen-bond acceptors (Lipinski definition) is 4. The first-order valence-electron chi connectivity index (χ1n) is 14.9. The predicted octanol–water partition coefficient (Wildman–Crippen LogP) is 10.1. The second kappa shape index (κ2) is 11.3. The number of halogens is 10. The van der Waals surface area contributed by atoms with E-state index in [1.165, 1.54) is 71.0 Å². The van der Waals surface area contributed by atoms with Crippen molar-refractivity contribution in [3.63, 3.8) is 0 Å². The molecule has 8 bridgehead atoms. The largest absolute Gasteiger partial charge is 0.417 e. The van der Waals surface area contributed by atoms with Crippen molar-refractivity contribution in [2.24, 2.45) is 0 Å². The summed E-state index contributed by atoms with van der Waals surface area (Å²) >= 11 is 0. The van der Waals surface area contributed by atoms with E-state index in [-0.39, 0.29) is 34.4 Å². The van der Waals surface area contributed by atoms with Gasteiger partial charge in [0.25, 0.3) is 0 Å². The van der Waals surface area contributed by atoms with E-state index in [9.17, 15) is 39.5 Å². The Balaban J connectivity index is 2.09. The minimum absolute atomic E-state index is 0.0355. The van der Waals surface area contributed by atoms with Gasteiger partial charge in [0.15, 0.2) is 0 Å². The number of hydrogen-bond donors (Lipinski definition) is 0. The van der Waals surface area contributed by atoms with Crippen LogP contribution in [0.15, 0.2) is 48.5 Å². The van der Waals surface area contributed by atoms with Crippen LogP contribution in [0.1, 0.15) is 66.9 Å². The molecule has 262 valence electrons. The zero-order chi connectivity index (χ0) is 36.8. The molecule has 0 saturated carbocycles. The van der Waals surface area contributed by atoms with E-state index >= 15 is 4.39 Å². The molecule has 0 aliphatic carbocycles. The fourth-order valence-corrected chi connectivity index (χ4v) is 6.06. The molecule has 0 N–H and O–H groups in total. The first-order valence-corrected chi connectivity index (χ1v) is 14.9. The van der Waals surface area contributed by atoms with Gasteiger partial charge in [-0.25, -0.2) is 4.39 Å². The number of pyridine rings is 2. The van der Waals surface area contributed by atoms with Gasteiger partial charge in [-0.2, -0.15) is 39.5 Å². The van der Waals surface area contributed by atoms with E-state index < -0.39 is 74.3 Å². The Morgan fingerprint density at radius 2 is 0.857 bits per heavy atom. The van der Waals surface area contributed by atoms with Crippen LogP contribution in [0.5, 0.6) is 0 Å². The Morgan fingerprint density at radius 1 is 0.490 bits per heavy atom. The zero-order valence-electron chi connectivity index (χ0n) is 27.7. The molecule has 1 aliphatic heterocycles. The Hall–Kier alpha value is -4.36. The van der Waals surface area contributed by atoms with Crippen LogP contribution < -0.4 is 9.80 Å². The fraction of sp³-hybridized carbons (Fsp3) is 0.371. The lowest BCUT2D eigenvalue weighted by atomic mass is 9.75. The van der Waals surface area contributed by atoms with Crippen molar-refractivity contribution in [1.82, 2.24) is 9.97 Å². The van der Waals surface area contributed by atoms with Crippen molar-refractivity contribution >= 4 is 11.4 Å². The van der Waals surface area contributed by atoms with E-state index in [1.54, 1.807) is 19.0 Å². The first kappa shape index (κ1) is 35.9. The molecular weight excluding hydrogens is 666 g/mol. The third-order valence-corrected chi connectivity index (χ3v) is 9.01. The average Bonchev–Trinajstić information content (AvgIpc) is 2.97. The van der Waals surface area contributed by atoms with Gasteiger partial charge in [-0.15, -0.1) is 0 Å². The highest BCUT2D eigenvalue weighted by molar-refractivity contribution is 5.74. The maximum absolute atomic E-state index is 15.8. The lowest BCUT2D eigenvalue weighted by Gasteiger charge is -2.33. The maximum atomic E-state index is 15.8. The van der Waals surface area contributed by atoms with Crippen LogP contribution in [0.4, 0.5) is 55.3 Å². The molecule has 0 fully saturated rings. The molecule has 5 rings (SSSR count). The number of anilines is 2. The maximum Gasteiger partial charge on any atom is 0.417 e. The molecule has 4 aromatic rings. The van der Waals surface area contributed by atoms with E-state index in [1.807, 2.05) is 0 Å². The molecule has 14 heteroatoms. The Kier molecular flexibility index (Phi) is 8.32. The highest BCUT2D eigenvalue weighted by atomic mass is 19.4. The van der Waals surface area contributed by atoms with Crippen molar-refractivity contribution in [3.8, 4) is 22.5 Å². The Morgan fingerprint density at radius 3 is 1.24 bits per heavy atom. The van der Waals surface area contributed by atoms with Crippen molar-refractivity contribution in [3.05, 3.63) is 93.6 Å². The zero-order valence-corrected chi connectivity index (χ0v) is 27.7. The van der Waals surface area contributed by atoms with Gasteiger partial charge in [0.2, 0.25) is 0 Å². The summed E-state index contributed by atoms with van der Waals surface area (Å²) in [6.45, 7) is 5.38. The van der Waals surface area contributed by atoms with Gasteiger partial charge in [-0.1, -0.05) is 27.7 Å². The van der Waals surface area contributed by atoms with Gasteiger partial charge in [-0.3, -0.25) is 9.97 Å². The van der Waals surface area contributed by atoms with Crippen LogP contribution in [0.25, 0.3) is 22.5 Å². The molecule has 0 amide bonds. The number of alkyl halides is 9. The Bertz CT molecular complexity index is 1950. The van der Waals surface area contributed by atoms with Crippen LogP contribution in [0.2, 0.25) is 0 Å². The SMILES string of the molecule is CN(C)c1cc2nc(c1)C(C)(C)c1cc(c(C(F)(F)F)cc1C(F)(F)F)-c1cc(N(C)C)cc(n1)C(C)(C)c1cc-2c(F)cc1C(F)(F)F. The summed E-state index contributed by atoms with van der Waals surface area (Å²) in [4.78, 5) is 11.9. The first-order chi connectivity index (χ1) is 22.2. The van der Waals surface area contributed by atoms with E-state index in [0.29, 0.717) is 11.8 Å². The number of rotatable bonds is 2. The van der Waals surface area contributed by atoms with Crippen LogP contribution in [0, 0.1) is 5.82 Å². The number of nitrogens with zero attached hydrogens (tertiary/aromatic N) is 4. The van der Waals surface area contributed by atoms with Gasteiger partial charge >= 0.3 is 18.5 Å². The van der Waals surface area contributed by atoms with Gasteiger partial charge in [0, 0.05) is 61.5 Å². The minimum atomic E-state index is -5.29. The van der Waals surface area contributed by atoms with Crippen molar-refractivity contribution < 1.29 is 43.9 Å². The number of fused-ring (bicyclic) bond motifs is 10. The second-order valence-electron chi connectivity index (χ2n) is 13.5. The summed E-state index contributed by atoms with van der Waals surface area (Å²) in [5.41, 5.74) is -10.5. The predicted molar refractivity (Wildman–Crippen MR) is 167 cm³/mol. The summed E-state index contributed by atoms with van der Waals surface area (Å²) in [5, 5.41) is 0. The second-order valence-corrected chi connectivity index (χ2v) is 13.5. The van der Waals surface area contributed by atoms with Crippen molar-refractivity contribution in [1.29, 1.82) is 0 Å². The van der Waals surface area contributed by atoms with Gasteiger partial charge < -0.3 is 9.80 Å². The Labute approximate surface area is 276 Å².